The van der Waals surface area contributed by atoms with Crippen LogP contribution in [0.3, 0.4) is 0 Å². The van der Waals surface area contributed by atoms with Crippen molar-refractivity contribution in [3.8, 4) is 0 Å². The molecule has 1 N–H and O–H groups in total. The molecule has 1 amide bonds. The summed E-state index contributed by atoms with van der Waals surface area (Å²) in [4.78, 5) is 26.0. The normalized spacial score (nSPS) is 17.5. The standard InChI is InChI=1S/C17H23FN2O3/c1-3-23-17(22)13-8-10-20(11-9-13)12(2)16(21)19-15-7-5-4-6-14(15)18/h4-7,12-13H,3,8-11H2,1-2H3,(H,19,21)/t12-/m0/s1. The van der Waals surface area contributed by atoms with Gasteiger partial charge in [-0.2, -0.15) is 0 Å². The average molecular weight is 322 g/mol. The van der Waals surface area contributed by atoms with E-state index in [-0.39, 0.29) is 29.5 Å². The van der Waals surface area contributed by atoms with E-state index < -0.39 is 5.82 Å². The Labute approximate surface area is 135 Å². The van der Waals surface area contributed by atoms with Gasteiger partial charge in [0, 0.05) is 0 Å². The lowest BCUT2D eigenvalue weighted by Crippen LogP contribution is -2.47. The number of carbonyl (C=O) groups excluding carboxylic acids is 2. The summed E-state index contributed by atoms with van der Waals surface area (Å²) >= 11 is 0. The molecule has 1 heterocycles. The first kappa shape index (κ1) is 17.4. The summed E-state index contributed by atoms with van der Waals surface area (Å²) in [5.41, 5.74) is 0.186. The largest absolute Gasteiger partial charge is 0.466 e. The predicted octanol–water partition coefficient (Wildman–Crippen LogP) is 2.43. The van der Waals surface area contributed by atoms with Gasteiger partial charge in [-0.25, -0.2) is 4.39 Å². The highest BCUT2D eigenvalue weighted by Crippen LogP contribution is 2.21. The van der Waals surface area contributed by atoms with Gasteiger partial charge in [0.2, 0.25) is 5.91 Å². The molecule has 126 valence electrons. The fourth-order valence-electron chi connectivity index (χ4n) is 2.75. The van der Waals surface area contributed by atoms with Crippen LogP contribution >= 0.6 is 0 Å². The van der Waals surface area contributed by atoms with Crippen molar-refractivity contribution in [2.45, 2.75) is 32.7 Å². The third-order valence-electron chi connectivity index (χ3n) is 4.21. The van der Waals surface area contributed by atoms with Crippen molar-refractivity contribution in [2.24, 2.45) is 5.92 Å². The number of amides is 1. The van der Waals surface area contributed by atoms with E-state index in [4.69, 9.17) is 4.74 Å². The number of hydrogen-bond acceptors (Lipinski definition) is 4. The molecule has 23 heavy (non-hydrogen) atoms. The smallest absolute Gasteiger partial charge is 0.309 e. The van der Waals surface area contributed by atoms with Gasteiger partial charge in [-0.1, -0.05) is 12.1 Å². The lowest BCUT2D eigenvalue weighted by Gasteiger charge is -2.34. The van der Waals surface area contributed by atoms with Gasteiger partial charge in [0.15, 0.2) is 0 Å². The van der Waals surface area contributed by atoms with Crippen molar-refractivity contribution < 1.29 is 18.7 Å². The van der Waals surface area contributed by atoms with E-state index >= 15 is 0 Å². The minimum Gasteiger partial charge on any atom is -0.466 e. The van der Waals surface area contributed by atoms with E-state index in [1.165, 1.54) is 12.1 Å². The quantitative estimate of drug-likeness (QED) is 0.846. The maximum atomic E-state index is 13.6. The Morgan fingerprint density at radius 2 is 2.00 bits per heavy atom. The summed E-state index contributed by atoms with van der Waals surface area (Å²) < 4.78 is 18.6. The fraction of sp³-hybridized carbons (Fsp3) is 0.529. The molecule has 1 aliphatic rings. The molecule has 0 bridgehead atoms. The van der Waals surface area contributed by atoms with Crippen LogP contribution in [0.15, 0.2) is 24.3 Å². The number of para-hydroxylation sites is 1. The van der Waals surface area contributed by atoms with Gasteiger partial charge in [0.05, 0.1) is 24.3 Å². The van der Waals surface area contributed by atoms with Gasteiger partial charge in [0.1, 0.15) is 5.82 Å². The number of halogens is 1. The van der Waals surface area contributed by atoms with Gasteiger partial charge in [-0.3, -0.25) is 14.5 Å². The molecule has 0 spiro atoms. The first-order valence-electron chi connectivity index (χ1n) is 7.99. The number of esters is 1. The summed E-state index contributed by atoms with van der Waals surface area (Å²) in [7, 11) is 0. The number of ether oxygens (including phenoxy) is 1. The van der Waals surface area contributed by atoms with Crippen molar-refractivity contribution >= 4 is 17.6 Å². The highest BCUT2D eigenvalue weighted by molar-refractivity contribution is 5.94. The van der Waals surface area contributed by atoms with Gasteiger partial charge in [-0.15, -0.1) is 0 Å². The molecule has 1 aromatic rings. The number of anilines is 1. The molecule has 1 atom stereocenters. The Kier molecular flexibility index (Phi) is 6.10. The van der Waals surface area contributed by atoms with Gasteiger partial charge in [0.25, 0.3) is 0 Å². The molecule has 1 fully saturated rings. The van der Waals surface area contributed by atoms with Crippen molar-refractivity contribution in [3.63, 3.8) is 0 Å². The molecular weight excluding hydrogens is 299 g/mol. The molecule has 2 rings (SSSR count). The van der Waals surface area contributed by atoms with Crippen molar-refractivity contribution in [1.29, 1.82) is 0 Å². The number of nitrogens with one attached hydrogen (secondary N) is 1. The molecule has 0 saturated carbocycles. The first-order chi connectivity index (χ1) is 11.0. The summed E-state index contributed by atoms with van der Waals surface area (Å²) in [5.74, 6) is -0.942. The Morgan fingerprint density at radius 1 is 1.35 bits per heavy atom. The highest BCUT2D eigenvalue weighted by Gasteiger charge is 2.30. The van der Waals surface area contributed by atoms with Crippen LogP contribution in [0.5, 0.6) is 0 Å². The van der Waals surface area contributed by atoms with Crippen LogP contribution in [0.4, 0.5) is 10.1 Å². The average Bonchev–Trinajstić information content (AvgIpc) is 2.56. The summed E-state index contributed by atoms with van der Waals surface area (Å²) in [5, 5.41) is 2.61. The number of piperidine rings is 1. The number of likely N-dealkylation sites (tertiary alicyclic amines) is 1. The second kappa shape index (κ2) is 8.06. The summed E-state index contributed by atoms with van der Waals surface area (Å²) in [6.07, 6.45) is 1.35. The van der Waals surface area contributed by atoms with E-state index in [0.717, 1.165) is 0 Å². The Bertz CT molecular complexity index is 557. The van der Waals surface area contributed by atoms with E-state index in [0.29, 0.717) is 32.5 Å². The number of nitrogens with zero attached hydrogens (tertiary/aromatic N) is 1. The molecule has 5 nitrogen and oxygen atoms in total. The molecular formula is C17H23FN2O3. The van der Waals surface area contributed by atoms with Gasteiger partial charge in [-0.05, 0) is 51.9 Å². The molecule has 1 saturated heterocycles. The van der Waals surface area contributed by atoms with Crippen LogP contribution < -0.4 is 5.32 Å². The SMILES string of the molecule is CCOC(=O)C1CCN([C@@H](C)C(=O)Nc2ccccc2F)CC1. The van der Waals surface area contributed by atoms with Crippen LogP contribution in [-0.4, -0.2) is 42.5 Å². The van der Waals surface area contributed by atoms with Gasteiger partial charge >= 0.3 is 5.97 Å². The second-order valence-corrected chi connectivity index (χ2v) is 5.71. The number of hydrogen-bond donors (Lipinski definition) is 1. The van der Waals surface area contributed by atoms with Crippen LogP contribution in [0.2, 0.25) is 0 Å². The lowest BCUT2D eigenvalue weighted by atomic mass is 9.96. The third kappa shape index (κ3) is 4.51. The minimum atomic E-state index is -0.450. The molecule has 0 radical (unpaired) electrons. The van der Waals surface area contributed by atoms with Crippen molar-refractivity contribution in [2.75, 3.05) is 25.0 Å². The molecule has 1 aliphatic heterocycles. The van der Waals surface area contributed by atoms with Crippen LogP contribution in [0, 0.1) is 11.7 Å². The zero-order chi connectivity index (χ0) is 16.8. The van der Waals surface area contributed by atoms with E-state index in [2.05, 4.69) is 5.32 Å². The topological polar surface area (TPSA) is 58.6 Å². The van der Waals surface area contributed by atoms with Crippen molar-refractivity contribution in [1.82, 2.24) is 4.90 Å². The van der Waals surface area contributed by atoms with Crippen LogP contribution in [0.1, 0.15) is 26.7 Å². The molecule has 1 aromatic carbocycles. The second-order valence-electron chi connectivity index (χ2n) is 5.71. The predicted molar refractivity (Wildman–Crippen MR) is 85.4 cm³/mol. The fourth-order valence-corrected chi connectivity index (χ4v) is 2.75. The Morgan fingerprint density at radius 3 is 2.61 bits per heavy atom. The molecule has 0 aromatic heterocycles. The number of benzene rings is 1. The molecule has 6 heteroatoms. The number of rotatable bonds is 5. The zero-order valence-corrected chi connectivity index (χ0v) is 13.5. The van der Waals surface area contributed by atoms with E-state index in [9.17, 15) is 14.0 Å². The lowest BCUT2D eigenvalue weighted by molar-refractivity contribution is -0.149. The summed E-state index contributed by atoms with van der Waals surface area (Å²) in [6.45, 7) is 5.27. The van der Waals surface area contributed by atoms with Crippen molar-refractivity contribution in [3.05, 3.63) is 30.1 Å². The maximum Gasteiger partial charge on any atom is 0.309 e. The van der Waals surface area contributed by atoms with Gasteiger partial charge < -0.3 is 10.1 Å². The monoisotopic (exact) mass is 322 g/mol. The third-order valence-corrected chi connectivity index (χ3v) is 4.21. The Hall–Kier alpha value is -1.95. The molecule has 0 aliphatic carbocycles. The number of carbonyl (C=O) groups is 2. The Balaban J connectivity index is 1.87. The van der Waals surface area contributed by atoms with E-state index in [1.807, 2.05) is 4.90 Å². The minimum absolute atomic E-state index is 0.0898. The van der Waals surface area contributed by atoms with E-state index in [1.54, 1.807) is 26.0 Å². The maximum absolute atomic E-state index is 13.6. The summed E-state index contributed by atoms with van der Waals surface area (Å²) in [6, 6.07) is 5.72. The highest BCUT2D eigenvalue weighted by atomic mass is 19.1. The molecule has 0 unspecified atom stereocenters. The van der Waals surface area contributed by atoms with Crippen LogP contribution in [-0.2, 0) is 14.3 Å². The van der Waals surface area contributed by atoms with Crippen LogP contribution in [0.25, 0.3) is 0 Å². The first-order valence-corrected chi connectivity index (χ1v) is 7.99. The zero-order valence-electron chi connectivity index (χ0n) is 13.5.